The van der Waals surface area contributed by atoms with Crippen LogP contribution in [0.4, 0.5) is 9.52 Å². The summed E-state index contributed by atoms with van der Waals surface area (Å²) in [5, 5.41) is 55.6. The second kappa shape index (κ2) is 15.2. The van der Waals surface area contributed by atoms with Gasteiger partial charge in [0.2, 0.25) is 6.10 Å². The summed E-state index contributed by atoms with van der Waals surface area (Å²) in [6.07, 6.45) is 0.129. The first-order valence-electron chi connectivity index (χ1n) is 16.8. The van der Waals surface area contributed by atoms with Crippen LogP contribution < -0.4 is 16.5 Å². The number of thioether (sulfide) groups is 1. The lowest BCUT2D eigenvalue weighted by atomic mass is 10.0. The third-order valence-corrected chi connectivity index (χ3v) is 11.7. The number of halogens is 1. The first kappa shape index (κ1) is 39.0. The van der Waals surface area contributed by atoms with Crippen molar-refractivity contribution >= 4 is 74.6 Å². The van der Waals surface area contributed by atoms with Gasteiger partial charge in [0.05, 0.1) is 36.0 Å². The van der Waals surface area contributed by atoms with Gasteiger partial charge in [-0.15, -0.1) is 23.1 Å². The topological polar surface area (TPSA) is 284 Å². The maximum atomic E-state index is 14.5. The van der Waals surface area contributed by atoms with Crippen LogP contribution in [0.5, 0.6) is 11.5 Å². The Morgan fingerprint density at radius 2 is 1.85 bits per heavy atom. The third-order valence-electron chi connectivity index (χ3n) is 9.65. The predicted molar refractivity (Wildman–Crippen MR) is 192 cm³/mol. The highest BCUT2D eigenvalue weighted by Gasteiger charge is 2.55. The smallest absolute Gasteiger partial charge is 0.352 e. The van der Waals surface area contributed by atoms with E-state index in [1.54, 1.807) is 13.1 Å². The van der Waals surface area contributed by atoms with Crippen LogP contribution in [0.25, 0.3) is 10.9 Å². The fourth-order valence-electron chi connectivity index (χ4n) is 7.13. The molecule has 292 valence electrons. The second-order valence-corrected chi connectivity index (χ2v) is 15.2. The zero-order valence-corrected chi connectivity index (χ0v) is 30.6. The second-order valence-electron chi connectivity index (χ2n) is 13.2. The number of aliphatic carboxylic acids is 3. The minimum atomic E-state index is -1.96. The number of quaternary nitrogens is 1. The number of likely N-dealkylation sites (tertiary alicyclic amines) is 1. The van der Waals surface area contributed by atoms with Gasteiger partial charge in [0.1, 0.15) is 35.9 Å². The molecule has 0 unspecified atom stereocenters. The van der Waals surface area contributed by atoms with Crippen molar-refractivity contribution in [3.63, 3.8) is 0 Å². The molecule has 2 amide bonds. The van der Waals surface area contributed by atoms with Gasteiger partial charge in [0.25, 0.3) is 11.8 Å². The number of rotatable bonds is 14. The van der Waals surface area contributed by atoms with Crippen molar-refractivity contribution in [1.29, 1.82) is 0 Å². The van der Waals surface area contributed by atoms with E-state index in [1.165, 1.54) is 21.7 Å². The van der Waals surface area contributed by atoms with E-state index in [9.17, 15) is 53.6 Å². The molecule has 0 bridgehead atoms. The number of phenols is 2. The van der Waals surface area contributed by atoms with Gasteiger partial charge < -0.3 is 50.5 Å². The van der Waals surface area contributed by atoms with Gasteiger partial charge in [-0.25, -0.2) is 19.0 Å². The van der Waals surface area contributed by atoms with Gasteiger partial charge >= 0.3 is 17.9 Å². The summed E-state index contributed by atoms with van der Waals surface area (Å²) in [5.41, 5.74) is 4.83. The number of carboxylic acids is 3. The summed E-state index contributed by atoms with van der Waals surface area (Å²) in [6.45, 7) is 3.44. The number of phenolic OH excluding ortho intramolecular Hbond substituents is 2. The number of nitrogens with zero attached hydrogens (tertiary/aromatic N) is 5. The van der Waals surface area contributed by atoms with Crippen LogP contribution in [-0.2, 0) is 41.9 Å². The Balaban J connectivity index is 1.26. The molecule has 3 atom stereocenters. The first-order valence-corrected chi connectivity index (χ1v) is 18.7. The first-order chi connectivity index (χ1) is 26.1. The Bertz CT molecular complexity index is 2250. The van der Waals surface area contributed by atoms with E-state index in [-0.39, 0.29) is 57.3 Å². The summed E-state index contributed by atoms with van der Waals surface area (Å²) in [5.74, 6) is -9.10. The van der Waals surface area contributed by atoms with Crippen molar-refractivity contribution in [2.24, 2.45) is 5.16 Å². The summed E-state index contributed by atoms with van der Waals surface area (Å²) in [4.78, 5) is 86.1. The number of aryl methyl sites for hydroxylation is 1. The molecule has 0 radical (unpaired) electrons. The number of nitrogen functional groups attached to an aromatic ring is 1. The number of amides is 2. The minimum absolute atomic E-state index is 0.0110. The molecule has 0 spiro atoms. The molecule has 0 aliphatic carbocycles. The van der Waals surface area contributed by atoms with Crippen molar-refractivity contribution in [3.05, 3.63) is 56.2 Å². The van der Waals surface area contributed by atoms with E-state index < -0.39 is 82.1 Å². The van der Waals surface area contributed by atoms with Gasteiger partial charge in [-0.3, -0.25) is 24.1 Å². The highest BCUT2D eigenvalue weighted by atomic mass is 32.2. The molecule has 55 heavy (non-hydrogen) atoms. The number of hydrogen-bond donors (Lipinski definition) is 7. The summed E-state index contributed by atoms with van der Waals surface area (Å²) >= 11 is 2.11. The van der Waals surface area contributed by atoms with Crippen molar-refractivity contribution < 1.29 is 63.2 Å². The van der Waals surface area contributed by atoms with Gasteiger partial charge in [-0.2, -0.15) is 0 Å². The number of carbonyl (C=O) groups is 5. The number of nitrogens with one attached hydrogen (secondary N) is 1. The van der Waals surface area contributed by atoms with Crippen molar-refractivity contribution in [3.8, 4) is 11.5 Å². The molecule has 2 fully saturated rings. The molecule has 3 aliphatic rings. The van der Waals surface area contributed by atoms with E-state index in [1.807, 2.05) is 0 Å². The number of pyridine rings is 1. The maximum Gasteiger partial charge on any atom is 0.352 e. The molecule has 0 saturated carbocycles. The zero-order valence-electron chi connectivity index (χ0n) is 28.9. The summed E-state index contributed by atoms with van der Waals surface area (Å²) < 4.78 is 16.3. The lowest BCUT2D eigenvalue weighted by Gasteiger charge is -2.50. The quantitative estimate of drug-likeness (QED) is 0.0390. The normalized spacial score (nSPS) is 19.9. The Morgan fingerprint density at radius 3 is 2.45 bits per heavy atom. The largest absolute Gasteiger partial charge is 0.503 e. The number of carbonyl (C=O) groups excluding carboxylic acids is 2. The molecular formula is C33H35FN7O12S2+. The van der Waals surface area contributed by atoms with Crippen LogP contribution in [0.15, 0.2) is 38.9 Å². The van der Waals surface area contributed by atoms with Crippen LogP contribution in [-0.4, -0.2) is 123 Å². The highest BCUT2D eigenvalue weighted by molar-refractivity contribution is 8.00. The van der Waals surface area contributed by atoms with Gasteiger partial charge in [-0.05, 0) is 13.0 Å². The van der Waals surface area contributed by atoms with E-state index in [0.717, 1.165) is 35.1 Å². The Labute approximate surface area is 317 Å². The molecule has 19 nitrogen and oxygen atoms in total. The monoisotopic (exact) mass is 804 g/mol. The molecule has 2 aromatic heterocycles. The van der Waals surface area contributed by atoms with Gasteiger partial charge in [0, 0.05) is 42.3 Å². The number of aromatic nitrogens is 2. The molecule has 5 heterocycles. The number of oxime groups is 1. The van der Waals surface area contributed by atoms with Gasteiger partial charge in [0.15, 0.2) is 33.6 Å². The summed E-state index contributed by atoms with van der Waals surface area (Å²) in [6, 6.07) is -0.370. The molecule has 2 saturated heterocycles. The number of hydrogen-bond acceptors (Lipinski definition) is 14. The number of thiazole rings is 1. The van der Waals surface area contributed by atoms with Crippen LogP contribution in [0.2, 0.25) is 0 Å². The molecule has 3 aromatic rings. The highest BCUT2D eigenvalue weighted by Crippen LogP contribution is 2.42. The number of anilines is 1. The number of carboxylic acid groups (broad SMARTS) is 3. The van der Waals surface area contributed by atoms with Crippen LogP contribution in [0.3, 0.4) is 0 Å². The van der Waals surface area contributed by atoms with E-state index in [0.29, 0.717) is 24.2 Å². The molecule has 6 rings (SSSR count). The molecule has 8 N–H and O–H groups in total. The minimum Gasteiger partial charge on any atom is -0.503 e. The van der Waals surface area contributed by atoms with Crippen LogP contribution in [0, 0.1) is 5.82 Å². The standard InChI is InChI=1S/C33H34FN7O12S2/c1-2-39-9-14(25(44)16-7-17(34)26(45)27(46)24(16)39)10-41(5-3-4-6-41)11-15-12-54-30-22(29(48)40(30)23(15)32(51)52)37-28(47)21(18-13-55-33(35)36-18)38-53-19(31(49)50)8-20(42)43/h7,9,13,19,22,30H,2-6,8,10-12H2,1H3,(H7-,35,36,37,38,42,43,44,45,46,47,49,50,51,52)/p+1/t19-,22+,30+/m0/s1. The van der Waals surface area contributed by atoms with E-state index >= 15 is 0 Å². The lowest BCUT2D eigenvalue weighted by molar-refractivity contribution is -0.925. The van der Waals surface area contributed by atoms with E-state index in [4.69, 9.17) is 15.7 Å². The zero-order chi connectivity index (χ0) is 39.9. The maximum absolute atomic E-state index is 14.5. The SMILES string of the molecule is CCn1cc(C[N+]2(CC3=C(C(=O)O)N4C(=O)[C@@H](NC(=O)/C(=N\O[C@@H](CC(=O)O)C(=O)O)c5csc(N)n5)[C@H]4SC3)CCCC2)c(=O)c2cc(F)c(O)c(O)c21. The van der Waals surface area contributed by atoms with E-state index in [2.05, 4.69) is 15.5 Å². The Hall–Kier alpha value is -5.74. The number of benzene rings is 1. The number of fused-ring (bicyclic) bond motifs is 2. The number of aromatic hydroxyl groups is 2. The van der Waals surface area contributed by atoms with Gasteiger partial charge in [-0.1, -0.05) is 5.16 Å². The Kier molecular flexibility index (Phi) is 10.8. The third kappa shape index (κ3) is 7.38. The molecule has 1 aromatic carbocycles. The Morgan fingerprint density at radius 1 is 1.15 bits per heavy atom. The van der Waals surface area contributed by atoms with Crippen LogP contribution >= 0.6 is 23.1 Å². The average Bonchev–Trinajstić information content (AvgIpc) is 3.78. The molecule has 22 heteroatoms. The number of nitrogens with two attached hydrogens (primary N) is 1. The van der Waals surface area contributed by atoms with Crippen molar-refractivity contribution in [2.75, 3.05) is 31.1 Å². The average molecular weight is 805 g/mol. The summed E-state index contributed by atoms with van der Waals surface area (Å²) in [7, 11) is 0. The van der Waals surface area contributed by atoms with Crippen molar-refractivity contribution in [2.45, 2.75) is 56.8 Å². The predicted octanol–water partition coefficient (Wildman–Crippen LogP) is 0.808. The van der Waals surface area contributed by atoms with Crippen molar-refractivity contribution in [1.82, 2.24) is 19.8 Å². The fourth-order valence-corrected chi connectivity index (χ4v) is 9.01. The fraction of sp³-hybridized carbons (Fsp3) is 0.394. The molecule has 3 aliphatic heterocycles. The molecular weight excluding hydrogens is 770 g/mol. The lowest BCUT2D eigenvalue weighted by Crippen LogP contribution is -2.71. The number of β-lactam (4-membered cyclic amide) rings is 1. The van der Waals surface area contributed by atoms with Crippen LogP contribution in [0.1, 0.15) is 37.4 Å².